The van der Waals surface area contributed by atoms with Crippen molar-refractivity contribution in [1.82, 2.24) is 20.1 Å². The molecule has 3 heterocycles. The Hall–Kier alpha value is -4.15. The number of ether oxygens (including phenoxy) is 1. The summed E-state index contributed by atoms with van der Waals surface area (Å²) < 4.78 is 35.5. The van der Waals surface area contributed by atoms with Gasteiger partial charge in [0, 0.05) is 17.8 Å². The topological polar surface area (TPSA) is 98.1 Å². The fraction of sp³-hybridized carbons (Fsp3) is 0.154. The van der Waals surface area contributed by atoms with E-state index in [1.165, 1.54) is 23.0 Å². The molecule has 11 heteroatoms. The molecule has 1 fully saturated rings. The van der Waals surface area contributed by atoms with E-state index in [4.69, 9.17) is 16.3 Å². The smallest absolute Gasteiger partial charge is 0.272 e. The number of halogens is 3. The van der Waals surface area contributed by atoms with Crippen LogP contribution in [0.25, 0.3) is 16.9 Å². The van der Waals surface area contributed by atoms with Crippen molar-refractivity contribution >= 4 is 29.2 Å². The average molecular weight is 524 g/mol. The molecule has 0 radical (unpaired) electrons. The number of aromatic nitrogens is 3. The highest BCUT2D eigenvalue weighted by Crippen LogP contribution is 2.30. The number of amides is 2. The Balaban J connectivity index is 1.50. The number of carbonyl (C=O) groups is 2. The Labute approximate surface area is 215 Å². The van der Waals surface area contributed by atoms with Gasteiger partial charge in [0.25, 0.3) is 11.8 Å². The molecule has 5 rings (SSSR count). The Bertz CT molecular complexity index is 1510. The average Bonchev–Trinajstić information content (AvgIpc) is 3.28. The van der Waals surface area contributed by atoms with E-state index in [0.29, 0.717) is 18.9 Å². The SMILES string of the molecule is CC1(NC(=O)c2cc(NC(=O)c3cc(-c4ncccc4F)c(F)cc3Cl)n(-c3ccccc3)n2)COC1. The standard InChI is InChI=1S/C26H20ClF2N5O3/c1-26(13-37-14-26)32-25(36)21-12-22(34(33-21)15-6-3-2-4-7-15)31-24(35)16-10-17(20(29)11-18(16)27)23-19(28)8-5-9-30-23/h2-12H,13-14H2,1H3,(H,31,35)(H,32,36). The van der Waals surface area contributed by atoms with Gasteiger partial charge in [0.1, 0.15) is 23.1 Å². The number of nitrogens with one attached hydrogen (secondary N) is 2. The maximum atomic E-state index is 14.6. The second kappa shape index (κ2) is 9.72. The molecule has 188 valence electrons. The van der Waals surface area contributed by atoms with Gasteiger partial charge in [-0.2, -0.15) is 5.10 Å². The van der Waals surface area contributed by atoms with E-state index in [-0.39, 0.29) is 33.4 Å². The molecule has 1 aliphatic heterocycles. The third-order valence-electron chi connectivity index (χ3n) is 5.76. The molecule has 0 bridgehead atoms. The Morgan fingerprint density at radius 2 is 1.78 bits per heavy atom. The monoisotopic (exact) mass is 523 g/mol. The quantitative estimate of drug-likeness (QED) is 0.384. The van der Waals surface area contributed by atoms with Crippen LogP contribution in [-0.4, -0.2) is 45.3 Å². The van der Waals surface area contributed by atoms with E-state index >= 15 is 0 Å². The van der Waals surface area contributed by atoms with Crippen LogP contribution in [0.15, 0.2) is 66.9 Å². The molecule has 1 saturated heterocycles. The number of para-hydroxylation sites is 1. The molecule has 0 aliphatic carbocycles. The molecule has 0 saturated carbocycles. The highest BCUT2D eigenvalue weighted by Gasteiger charge is 2.36. The van der Waals surface area contributed by atoms with Crippen molar-refractivity contribution < 1.29 is 23.1 Å². The minimum atomic E-state index is -0.832. The maximum absolute atomic E-state index is 14.6. The number of nitrogens with zero attached hydrogens (tertiary/aromatic N) is 3. The van der Waals surface area contributed by atoms with Crippen LogP contribution in [0, 0.1) is 11.6 Å². The minimum Gasteiger partial charge on any atom is -0.376 e. The van der Waals surface area contributed by atoms with Gasteiger partial charge in [-0.15, -0.1) is 0 Å². The number of anilines is 1. The highest BCUT2D eigenvalue weighted by molar-refractivity contribution is 6.34. The summed E-state index contributed by atoms with van der Waals surface area (Å²) in [5.41, 5.74) is -0.456. The van der Waals surface area contributed by atoms with Gasteiger partial charge >= 0.3 is 0 Å². The first-order valence-corrected chi connectivity index (χ1v) is 11.6. The number of carbonyl (C=O) groups excluding carboxylic acids is 2. The van der Waals surface area contributed by atoms with Gasteiger partial charge in [-0.1, -0.05) is 29.8 Å². The summed E-state index contributed by atoms with van der Waals surface area (Å²) >= 11 is 6.18. The molecule has 1 aliphatic rings. The van der Waals surface area contributed by atoms with Gasteiger partial charge in [0.2, 0.25) is 0 Å². The molecular formula is C26H20ClF2N5O3. The lowest BCUT2D eigenvalue weighted by molar-refractivity contribution is -0.0594. The highest BCUT2D eigenvalue weighted by atomic mass is 35.5. The van der Waals surface area contributed by atoms with Crippen molar-refractivity contribution in [2.75, 3.05) is 18.5 Å². The maximum Gasteiger partial charge on any atom is 0.272 e. The third-order valence-corrected chi connectivity index (χ3v) is 6.07. The van der Waals surface area contributed by atoms with E-state index in [2.05, 4.69) is 20.7 Å². The lowest BCUT2D eigenvalue weighted by atomic mass is 10.0. The summed E-state index contributed by atoms with van der Waals surface area (Å²) in [6, 6.07) is 14.8. The van der Waals surface area contributed by atoms with Crippen LogP contribution in [0.4, 0.5) is 14.6 Å². The van der Waals surface area contributed by atoms with Crippen LogP contribution < -0.4 is 10.6 Å². The fourth-order valence-electron chi connectivity index (χ4n) is 3.84. The lowest BCUT2D eigenvalue weighted by Crippen LogP contribution is -2.59. The van der Waals surface area contributed by atoms with E-state index in [0.717, 1.165) is 18.2 Å². The number of hydrogen-bond donors (Lipinski definition) is 2. The van der Waals surface area contributed by atoms with Crippen molar-refractivity contribution in [2.45, 2.75) is 12.5 Å². The minimum absolute atomic E-state index is 0.0636. The summed E-state index contributed by atoms with van der Waals surface area (Å²) in [5.74, 6) is -2.57. The Morgan fingerprint density at radius 3 is 2.46 bits per heavy atom. The van der Waals surface area contributed by atoms with Crippen LogP contribution in [0.5, 0.6) is 0 Å². The van der Waals surface area contributed by atoms with Gasteiger partial charge in [-0.3, -0.25) is 14.6 Å². The van der Waals surface area contributed by atoms with Crippen LogP contribution in [-0.2, 0) is 4.74 Å². The molecule has 0 unspecified atom stereocenters. The normalized spacial score (nSPS) is 14.1. The molecular weight excluding hydrogens is 504 g/mol. The van der Waals surface area contributed by atoms with Crippen molar-refractivity contribution in [2.24, 2.45) is 0 Å². The van der Waals surface area contributed by atoms with E-state index in [9.17, 15) is 18.4 Å². The van der Waals surface area contributed by atoms with Crippen molar-refractivity contribution in [3.05, 3.63) is 94.8 Å². The van der Waals surface area contributed by atoms with Crippen molar-refractivity contribution in [3.8, 4) is 16.9 Å². The van der Waals surface area contributed by atoms with Crippen LogP contribution >= 0.6 is 11.6 Å². The fourth-order valence-corrected chi connectivity index (χ4v) is 4.07. The van der Waals surface area contributed by atoms with Gasteiger partial charge in [0.05, 0.1) is 35.0 Å². The molecule has 2 aromatic carbocycles. The van der Waals surface area contributed by atoms with Gasteiger partial charge in [-0.25, -0.2) is 13.5 Å². The molecule has 0 spiro atoms. The van der Waals surface area contributed by atoms with Crippen LogP contribution in [0.2, 0.25) is 5.02 Å². The third kappa shape index (κ3) is 4.93. The number of rotatable bonds is 6. The number of hydrogen-bond acceptors (Lipinski definition) is 5. The Morgan fingerprint density at radius 1 is 1.03 bits per heavy atom. The zero-order valence-electron chi connectivity index (χ0n) is 19.5. The van der Waals surface area contributed by atoms with Gasteiger partial charge in [-0.05, 0) is 43.3 Å². The zero-order valence-corrected chi connectivity index (χ0v) is 20.2. The zero-order chi connectivity index (χ0) is 26.2. The first kappa shape index (κ1) is 24.5. The lowest BCUT2D eigenvalue weighted by Gasteiger charge is -2.38. The first-order valence-electron chi connectivity index (χ1n) is 11.2. The number of benzene rings is 2. The Kier molecular flexibility index (Phi) is 6.45. The number of pyridine rings is 1. The molecule has 2 amide bonds. The second-order valence-electron chi connectivity index (χ2n) is 8.77. The summed E-state index contributed by atoms with van der Waals surface area (Å²) in [4.78, 5) is 30.0. The van der Waals surface area contributed by atoms with Crippen LogP contribution in [0.3, 0.4) is 0 Å². The first-order chi connectivity index (χ1) is 17.7. The van der Waals surface area contributed by atoms with Crippen molar-refractivity contribution in [3.63, 3.8) is 0 Å². The molecule has 2 N–H and O–H groups in total. The van der Waals surface area contributed by atoms with Gasteiger partial charge < -0.3 is 15.4 Å². The molecule has 8 nitrogen and oxygen atoms in total. The van der Waals surface area contributed by atoms with Crippen molar-refractivity contribution in [1.29, 1.82) is 0 Å². The summed E-state index contributed by atoms with van der Waals surface area (Å²) in [7, 11) is 0. The predicted molar refractivity (Wildman–Crippen MR) is 133 cm³/mol. The van der Waals surface area contributed by atoms with E-state index in [1.807, 2.05) is 13.0 Å². The van der Waals surface area contributed by atoms with E-state index < -0.39 is 29.0 Å². The predicted octanol–water partition coefficient (Wildman–Crippen LogP) is 4.64. The molecule has 4 aromatic rings. The summed E-state index contributed by atoms with van der Waals surface area (Å²) in [6.45, 7) is 2.61. The van der Waals surface area contributed by atoms with Gasteiger partial charge in [0.15, 0.2) is 5.69 Å². The van der Waals surface area contributed by atoms with E-state index in [1.54, 1.807) is 24.3 Å². The molecule has 37 heavy (non-hydrogen) atoms. The summed E-state index contributed by atoms with van der Waals surface area (Å²) in [5, 5.41) is 9.75. The largest absolute Gasteiger partial charge is 0.376 e. The second-order valence-corrected chi connectivity index (χ2v) is 9.18. The molecule has 0 atom stereocenters. The van der Waals surface area contributed by atoms with Crippen LogP contribution in [0.1, 0.15) is 27.8 Å². The molecule has 2 aromatic heterocycles. The summed E-state index contributed by atoms with van der Waals surface area (Å²) in [6.07, 6.45) is 1.31.